The van der Waals surface area contributed by atoms with Crippen molar-refractivity contribution >= 4 is 21.8 Å². The lowest BCUT2D eigenvalue weighted by Gasteiger charge is -2.31. The highest BCUT2D eigenvalue weighted by Crippen LogP contribution is 2.39. The lowest BCUT2D eigenvalue weighted by molar-refractivity contribution is 0.303. The van der Waals surface area contributed by atoms with E-state index in [2.05, 4.69) is 154 Å². The molecule has 0 bridgehead atoms. The molecule has 6 rings (SSSR count). The molecule has 0 radical (unpaired) electrons. The topological polar surface area (TPSA) is 4.93 Å². The molecule has 0 aliphatic carbocycles. The summed E-state index contributed by atoms with van der Waals surface area (Å²) in [6.07, 6.45) is 2.43. The van der Waals surface area contributed by atoms with Gasteiger partial charge < -0.3 is 4.57 Å². The zero-order valence-electron chi connectivity index (χ0n) is 24.2. The molecule has 0 spiro atoms. The minimum Gasteiger partial charge on any atom is -0.336 e. The Morgan fingerprint density at radius 3 is 1.52 bits per heavy atom. The third-order valence-corrected chi connectivity index (χ3v) is 8.42. The van der Waals surface area contributed by atoms with Crippen LogP contribution in [0.4, 0.5) is 0 Å². The van der Waals surface area contributed by atoms with Gasteiger partial charge in [0.25, 0.3) is 0 Å². The highest BCUT2D eigenvalue weighted by molar-refractivity contribution is 6.10. The van der Waals surface area contributed by atoms with E-state index in [4.69, 9.17) is 0 Å². The van der Waals surface area contributed by atoms with E-state index in [1.165, 1.54) is 68.0 Å². The Balaban J connectivity index is 1.45. The SMILES string of the molecule is CCCC(c1ccc(Cn2c3ccc(-c4ccccc4)cc3c3cc(-c4ccccc4)ccc32)cc1)C(C)(C)C. The molecule has 0 N–H and O–H groups in total. The number of hydrogen-bond donors (Lipinski definition) is 0. The van der Waals surface area contributed by atoms with Gasteiger partial charge in [-0.1, -0.05) is 131 Å². The maximum Gasteiger partial charge on any atom is 0.0494 e. The second kappa shape index (κ2) is 10.8. The zero-order chi connectivity index (χ0) is 27.7. The van der Waals surface area contributed by atoms with E-state index in [1.54, 1.807) is 0 Å². The van der Waals surface area contributed by atoms with Crippen LogP contribution in [0.15, 0.2) is 121 Å². The summed E-state index contributed by atoms with van der Waals surface area (Å²) < 4.78 is 2.50. The molecule has 0 amide bonds. The highest BCUT2D eigenvalue weighted by Gasteiger charge is 2.25. The van der Waals surface area contributed by atoms with Gasteiger partial charge >= 0.3 is 0 Å². The second-order valence-corrected chi connectivity index (χ2v) is 12.2. The molecule has 1 heteroatoms. The normalized spacial score (nSPS) is 12.7. The molecule has 0 saturated carbocycles. The summed E-state index contributed by atoms with van der Waals surface area (Å²) in [4.78, 5) is 0. The molecule has 200 valence electrons. The van der Waals surface area contributed by atoms with Crippen LogP contribution < -0.4 is 0 Å². The number of nitrogens with zero attached hydrogens (tertiary/aromatic N) is 1. The predicted octanol–water partition coefficient (Wildman–Crippen LogP) is 11.1. The van der Waals surface area contributed by atoms with Gasteiger partial charge in [0, 0.05) is 28.4 Å². The van der Waals surface area contributed by atoms with Gasteiger partial charge in [-0.3, -0.25) is 0 Å². The van der Waals surface area contributed by atoms with Gasteiger partial charge in [-0.15, -0.1) is 0 Å². The monoisotopic (exact) mass is 521 g/mol. The first-order valence-electron chi connectivity index (χ1n) is 14.7. The average molecular weight is 522 g/mol. The molecule has 0 aliphatic heterocycles. The maximum atomic E-state index is 2.50. The summed E-state index contributed by atoms with van der Waals surface area (Å²) in [5.41, 5.74) is 10.6. The smallest absolute Gasteiger partial charge is 0.0494 e. The summed E-state index contributed by atoms with van der Waals surface area (Å²) in [6.45, 7) is 10.2. The van der Waals surface area contributed by atoms with Crippen molar-refractivity contribution in [3.63, 3.8) is 0 Å². The van der Waals surface area contributed by atoms with Crippen molar-refractivity contribution in [1.82, 2.24) is 4.57 Å². The van der Waals surface area contributed by atoms with Crippen molar-refractivity contribution in [2.24, 2.45) is 5.41 Å². The van der Waals surface area contributed by atoms with Crippen molar-refractivity contribution in [3.05, 3.63) is 132 Å². The molecular weight excluding hydrogens is 482 g/mol. The van der Waals surface area contributed by atoms with Crippen molar-refractivity contribution < 1.29 is 0 Å². The fourth-order valence-electron chi connectivity index (χ4n) is 6.32. The first-order valence-corrected chi connectivity index (χ1v) is 14.7. The highest BCUT2D eigenvalue weighted by atomic mass is 15.0. The summed E-state index contributed by atoms with van der Waals surface area (Å²) in [5.74, 6) is 0.576. The Morgan fingerprint density at radius 2 is 1.07 bits per heavy atom. The standard InChI is InChI=1S/C39H39N/c1-5-12-36(39(2,3)4)31-19-17-28(18-20-31)27-40-37-23-21-32(29-13-8-6-9-14-29)25-34(37)35-26-33(22-24-38(35)40)30-15-10-7-11-16-30/h6-11,13-26,36H,5,12,27H2,1-4H3. The second-order valence-electron chi connectivity index (χ2n) is 12.2. The maximum absolute atomic E-state index is 2.50. The molecule has 1 unspecified atom stereocenters. The fraction of sp³-hybridized carbons (Fsp3) is 0.231. The van der Waals surface area contributed by atoms with E-state index in [-0.39, 0.29) is 5.41 Å². The third kappa shape index (κ3) is 5.09. The third-order valence-electron chi connectivity index (χ3n) is 8.42. The van der Waals surface area contributed by atoms with Crippen LogP contribution >= 0.6 is 0 Å². The van der Waals surface area contributed by atoms with Crippen LogP contribution in [0.5, 0.6) is 0 Å². The first-order chi connectivity index (χ1) is 19.4. The quantitative estimate of drug-likeness (QED) is 0.197. The molecule has 1 aromatic heterocycles. The van der Waals surface area contributed by atoms with E-state index < -0.39 is 0 Å². The zero-order valence-corrected chi connectivity index (χ0v) is 24.2. The molecule has 6 aromatic rings. The molecule has 1 nitrogen and oxygen atoms in total. The van der Waals surface area contributed by atoms with Crippen LogP contribution in [-0.2, 0) is 6.54 Å². The number of aromatic nitrogens is 1. The Kier molecular flexibility index (Phi) is 7.07. The molecule has 1 heterocycles. The van der Waals surface area contributed by atoms with Crippen LogP contribution in [0.2, 0.25) is 0 Å². The number of rotatable bonds is 7. The molecular formula is C39H39N. The first kappa shape index (κ1) is 26.1. The Morgan fingerprint density at radius 1 is 0.575 bits per heavy atom. The average Bonchev–Trinajstić information content (AvgIpc) is 3.28. The largest absolute Gasteiger partial charge is 0.336 e. The van der Waals surface area contributed by atoms with Gasteiger partial charge in [-0.05, 0) is 75.4 Å². The van der Waals surface area contributed by atoms with E-state index >= 15 is 0 Å². The Bertz CT molecular complexity index is 1640. The van der Waals surface area contributed by atoms with E-state index in [0.717, 1.165) is 6.54 Å². The minimum absolute atomic E-state index is 0.261. The van der Waals surface area contributed by atoms with E-state index in [9.17, 15) is 0 Å². The van der Waals surface area contributed by atoms with Gasteiger partial charge in [0.2, 0.25) is 0 Å². The van der Waals surface area contributed by atoms with Gasteiger partial charge in [-0.25, -0.2) is 0 Å². The molecule has 40 heavy (non-hydrogen) atoms. The number of hydrogen-bond acceptors (Lipinski definition) is 0. The lowest BCUT2D eigenvalue weighted by atomic mass is 9.74. The lowest BCUT2D eigenvalue weighted by Crippen LogP contribution is -2.18. The van der Waals surface area contributed by atoms with Crippen LogP contribution in [0.3, 0.4) is 0 Å². The summed E-state index contributed by atoms with van der Waals surface area (Å²) in [7, 11) is 0. The number of fused-ring (bicyclic) bond motifs is 3. The molecule has 0 fully saturated rings. The Labute approximate surface area is 239 Å². The van der Waals surface area contributed by atoms with Crippen molar-refractivity contribution in [3.8, 4) is 22.3 Å². The summed E-state index contributed by atoms with van der Waals surface area (Å²) in [6, 6.07) is 44.8. The summed E-state index contributed by atoms with van der Waals surface area (Å²) in [5, 5.41) is 2.61. The van der Waals surface area contributed by atoms with Crippen molar-refractivity contribution in [2.45, 2.75) is 53.0 Å². The molecule has 0 aliphatic rings. The summed E-state index contributed by atoms with van der Waals surface area (Å²) >= 11 is 0. The van der Waals surface area contributed by atoms with Gasteiger partial charge in [0.15, 0.2) is 0 Å². The fourth-order valence-corrected chi connectivity index (χ4v) is 6.32. The van der Waals surface area contributed by atoms with Gasteiger partial charge in [0.05, 0.1) is 0 Å². The van der Waals surface area contributed by atoms with Crippen molar-refractivity contribution in [1.29, 1.82) is 0 Å². The molecule has 5 aromatic carbocycles. The number of benzene rings is 5. The van der Waals surface area contributed by atoms with Crippen LogP contribution in [-0.4, -0.2) is 4.57 Å². The van der Waals surface area contributed by atoms with Gasteiger partial charge in [0.1, 0.15) is 0 Å². The van der Waals surface area contributed by atoms with Crippen LogP contribution in [0.1, 0.15) is 57.6 Å². The molecule has 1 atom stereocenters. The predicted molar refractivity (Wildman–Crippen MR) is 173 cm³/mol. The van der Waals surface area contributed by atoms with Crippen molar-refractivity contribution in [2.75, 3.05) is 0 Å². The minimum atomic E-state index is 0.261. The van der Waals surface area contributed by atoms with Crippen LogP contribution in [0.25, 0.3) is 44.1 Å². The Hall–Kier alpha value is -4.10. The molecule has 0 saturated heterocycles. The van der Waals surface area contributed by atoms with E-state index in [0.29, 0.717) is 5.92 Å². The van der Waals surface area contributed by atoms with E-state index in [1.807, 2.05) is 0 Å². The van der Waals surface area contributed by atoms with Crippen LogP contribution in [0, 0.1) is 5.41 Å². The van der Waals surface area contributed by atoms with Gasteiger partial charge in [-0.2, -0.15) is 0 Å².